The highest BCUT2D eigenvalue weighted by Crippen LogP contribution is 2.28. The van der Waals surface area contributed by atoms with Crippen LogP contribution in [0.2, 0.25) is 5.02 Å². The normalized spacial score (nSPS) is 10.7. The van der Waals surface area contributed by atoms with E-state index in [0.29, 0.717) is 22.9 Å². The first kappa shape index (κ1) is 18.8. The second kappa shape index (κ2) is 8.67. The molecule has 4 rings (SSSR count). The molecule has 0 spiro atoms. The number of pyridine rings is 1. The second-order valence-electron chi connectivity index (χ2n) is 6.38. The molecule has 0 atom stereocenters. The fourth-order valence-corrected chi connectivity index (χ4v) is 3.25. The summed E-state index contributed by atoms with van der Waals surface area (Å²) in [5.74, 6) is -0.293. The summed E-state index contributed by atoms with van der Waals surface area (Å²) >= 11 is 6.35. The second-order valence-corrected chi connectivity index (χ2v) is 6.79. The Kier molecular flexibility index (Phi) is 5.63. The first-order valence-electron chi connectivity index (χ1n) is 9.17. The van der Waals surface area contributed by atoms with Crippen LogP contribution < -0.4 is 5.32 Å². The van der Waals surface area contributed by atoms with E-state index in [4.69, 9.17) is 11.6 Å². The maximum absolute atomic E-state index is 12.9. The number of nitrogens with zero attached hydrogens (tertiary/aromatic N) is 4. The zero-order valence-corrected chi connectivity index (χ0v) is 16.3. The Morgan fingerprint density at radius 3 is 2.55 bits per heavy atom. The minimum Gasteiger partial charge on any atom is -0.350 e. The lowest BCUT2D eigenvalue weighted by Crippen LogP contribution is -2.26. The summed E-state index contributed by atoms with van der Waals surface area (Å²) in [6, 6.07) is 20.9. The number of carbonyl (C=O) groups is 1. The number of para-hydroxylation sites is 1. The minimum absolute atomic E-state index is 0.228. The molecule has 2 aromatic carbocycles. The third kappa shape index (κ3) is 4.17. The summed E-state index contributed by atoms with van der Waals surface area (Å²) in [5, 5.41) is 11.8. The Morgan fingerprint density at radius 1 is 1.00 bits per heavy atom. The predicted octanol–water partition coefficient (Wildman–Crippen LogP) is 3.96. The first-order chi connectivity index (χ1) is 14.2. The maximum Gasteiger partial charge on any atom is 0.274 e. The van der Waals surface area contributed by atoms with Gasteiger partial charge in [-0.25, -0.2) is 4.68 Å². The fourth-order valence-electron chi connectivity index (χ4n) is 3.04. The van der Waals surface area contributed by atoms with E-state index in [1.165, 1.54) is 0 Å². The van der Waals surface area contributed by atoms with Gasteiger partial charge in [0.1, 0.15) is 5.69 Å². The number of carbonyl (C=O) groups excluding carboxylic acids is 1. The number of benzene rings is 2. The largest absolute Gasteiger partial charge is 0.350 e. The number of amides is 1. The lowest BCUT2D eigenvalue weighted by Gasteiger charge is -2.10. The third-order valence-electron chi connectivity index (χ3n) is 4.44. The van der Waals surface area contributed by atoms with Crippen LogP contribution in [0.1, 0.15) is 16.1 Å². The van der Waals surface area contributed by atoms with Crippen molar-refractivity contribution in [2.45, 2.75) is 6.42 Å². The number of hydrogen-bond donors (Lipinski definition) is 1. The van der Waals surface area contributed by atoms with Crippen LogP contribution in [-0.2, 0) is 6.42 Å². The van der Waals surface area contributed by atoms with E-state index in [1.807, 2.05) is 54.6 Å². The van der Waals surface area contributed by atoms with Gasteiger partial charge in [-0.1, -0.05) is 59.3 Å². The number of halogens is 1. The molecule has 4 aromatic rings. The molecular weight excluding hydrogens is 386 g/mol. The van der Waals surface area contributed by atoms with Crippen LogP contribution in [0, 0.1) is 0 Å². The molecule has 0 saturated heterocycles. The van der Waals surface area contributed by atoms with E-state index in [1.54, 1.807) is 29.2 Å². The standard InChI is InChI=1S/C22H18ClN5O/c23-18-10-4-5-11-19(18)28-21(17-9-6-13-24-15-17)20(26-27-28)22(29)25-14-12-16-7-2-1-3-8-16/h1-11,13,15H,12,14H2,(H,25,29). The highest BCUT2D eigenvalue weighted by atomic mass is 35.5. The molecule has 2 heterocycles. The van der Waals surface area contributed by atoms with Crippen molar-refractivity contribution < 1.29 is 4.79 Å². The number of nitrogens with one attached hydrogen (secondary N) is 1. The first-order valence-corrected chi connectivity index (χ1v) is 9.55. The summed E-state index contributed by atoms with van der Waals surface area (Å²) in [4.78, 5) is 17.0. The maximum atomic E-state index is 12.9. The summed E-state index contributed by atoms with van der Waals surface area (Å²) in [6.07, 6.45) is 4.08. The molecule has 0 radical (unpaired) electrons. The van der Waals surface area contributed by atoms with Crippen molar-refractivity contribution in [3.63, 3.8) is 0 Å². The van der Waals surface area contributed by atoms with E-state index in [9.17, 15) is 4.79 Å². The molecule has 0 aliphatic heterocycles. The van der Waals surface area contributed by atoms with Gasteiger partial charge in [0, 0.05) is 24.5 Å². The van der Waals surface area contributed by atoms with Gasteiger partial charge in [-0.05, 0) is 36.2 Å². The van der Waals surface area contributed by atoms with Crippen LogP contribution in [0.3, 0.4) is 0 Å². The molecule has 29 heavy (non-hydrogen) atoms. The Balaban J connectivity index is 1.65. The summed E-state index contributed by atoms with van der Waals surface area (Å²) in [6.45, 7) is 0.494. The molecule has 0 bridgehead atoms. The zero-order chi connectivity index (χ0) is 20.1. The lowest BCUT2D eigenvalue weighted by molar-refractivity contribution is 0.0949. The molecule has 144 valence electrons. The third-order valence-corrected chi connectivity index (χ3v) is 4.76. The molecule has 0 unspecified atom stereocenters. The molecule has 2 aromatic heterocycles. The summed E-state index contributed by atoms with van der Waals surface area (Å²) < 4.78 is 1.57. The van der Waals surface area contributed by atoms with Gasteiger partial charge >= 0.3 is 0 Å². The fraction of sp³-hybridized carbons (Fsp3) is 0.0909. The van der Waals surface area contributed by atoms with Crippen LogP contribution in [0.25, 0.3) is 16.9 Å². The van der Waals surface area contributed by atoms with Gasteiger partial charge in [0.25, 0.3) is 5.91 Å². The van der Waals surface area contributed by atoms with E-state index < -0.39 is 0 Å². The van der Waals surface area contributed by atoms with Crippen molar-refractivity contribution in [2.24, 2.45) is 0 Å². The predicted molar refractivity (Wildman–Crippen MR) is 112 cm³/mol. The van der Waals surface area contributed by atoms with Gasteiger partial charge in [0.15, 0.2) is 5.69 Å². The van der Waals surface area contributed by atoms with E-state index in [2.05, 4.69) is 20.6 Å². The van der Waals surface area contributed by atoms with Crippen LogP contribution >= 0.6 is 11.6 Å². The number of hydrogen-bond acceptors (Lipinski definition) is 4. The number of aromatic nitrogens is 4. The van der Waals surface area contributed by atoms with Crippen LogP contribution in [-0.4, -0.2) is 32.4 Å². The highest BCUT2D eigenvalue weighted by Gasteiger charge is 2.23. The molecule has 1 N–H and O–H groups in total. The average molecular weight is 404 g/mol. The Labute approximate surface area is 173 Å². The molecule has 0 aliphatic rings. The molecule has 0 fully saturated rings. The smallest absolute Gasteiger partial charge is 0.274 e. The Morgan fingerprint density at radius 2 is 1.79 bits per heavy atom. The monoisotopic (exact) mass is 403 g/mol. The van der Waals surface area contributed by atoms with Crippen molar-refractivity contribution in [1.29, 1.82) is 0 Å². The Hall–Kier alpha value is -3.51. The molecule has 6 nitrogen and oxygen atoms in total. The van der Waals surface area contributed by atoms with Gasteiger partial charge in [0.05, 0.1) is 10.7 Å². The van der Waals surface area contributed by atoms with Crippen molar-refractivity contribution >= 4 is 17.5 Å². The Bertz CT molecular complexity index is 1110. The van der Waals surface area contributed by atoms with Crippen molar-refractivity contribution in [3.05, 3.63) is 95.4 Å². The van der Waals surface area contributed by atoms with E-state index in [0.717, 1.165) is 17.5 Å². The van der Waals surface area contributed by atoms with Gasteiger partial charge in [0.2, 0.25) is 0 Å². The van der Waals surface area contributed by atoms with Gasteiger partial charge in [-0.2, -0.15) is 0 Å². The van der Waals surface area contributed by atoms with E-state index in [-0.39, 0.29) is 11.6 Å². The SMILES string of the molecule is O=C(NCCc1ccccc1)c1nnn(-c2ccccc2Cl)c1-c1cccnc1. The average Bonchev–Trinajstić information content (AvgIpc) is 3.20. The van der Waals surface area contributed by atoms with Crippen molar-refractivity contribution in [1.82, 2.24) is 25.3 Å². The minimum atomic E-state index is -0.293. The molecule has 7 heteroatoms. The van der Waals surface area contributed by atoms with Crippen LogP contribution in [0.15, 0.2) is 79.1 Å². The van der Waals surface area contributed by atoms with Crippen molar-refractivity contribution in [2.75, 3.05) is 6.54 Å². The van der Waals surface area contributed by atoms with E-state index >= 15 is 0 Å². The topological polar surface area (TPSA) is 72.7 Å². The highest BCUT2D eigenvalue weighted by molar-refractivity contribution is 6.32. The van der Waals surface area contributed by atoms with Gasteiger partial charge in [-0.15, -0.1) is 5.10 Å². The molecule has 0 aliphatic carbocycles. The summed E-state index contributed by atoms with van der Waals surface area (Å²) in [7, 11) is 0. The zero-order valence-electron chi connectivity index (χ0n) is 15.5. The molecular formula is C22H18ClN5O. The van der Waals surface area contributed by atoms with Crippen LogP contribution in [0.4, 0.5) is 0 Å². The molecule has 1 amide bonds. The number of rotatable bonds is 6. The van der Waals surface area contributed by atoms with Gasteiger partial charge < -0.3 is 5.32 Å². The van der Waals surface area contributed by atoms with Gasteiger partial charge in [-0.3, -0.25) is 9.78 Å². The van der Waals surface area contributed by atoms with Crippen molar-refractivity contribution in [3.8, 4) is 16.9 Å². The van der Waals surface area contributed by atoms with Crippen LogP contribution in [0.5, 0.6) is 0 Å². The molecule has 0 saturated carbocycles. The lowest BCUT2D eigenvalue weighted by atomic mass is 10.1. The quantitative estimate of drug-likeness (QED) is 0.529. The summed E-state index contributed by atoms with van der Waals surface area (Å²) in [5.41, 5.74) is 3.30.